The number of carboxylic acids is 1. The Morgan fingerprint density at radius 3 is 2.35 bits per heavy atom. The number of aliphatic hydroxyl groups is 4. The summed E-state index contributed by atoms with van der Waals surface area (Å²) >= 11 is 0. The molecule has 0 amide bonds. The fraction of sp³-hybridized carbons (Fsp3) is 0.900. The normalized spacial score (nSPS) is 35.1. The molecule has 1 saturated heterocycles. The molecule has 5 N–H and O–H groups in total. The maximum Gasteiger partial charge on any atom is 0.312 e. The smallest absolute Gasteiger partial charge is 0.312 e. The highest BCUT2D eigenvalue weighted by atomic mass is 16.5. The van der Waals surface area contributed by atoms with Crippen LogP contribution in [0.25, 0.3) is 10.4 Å². The lowest BCUT2D eigenvalue weighted by atomic mass is 9.92. The minimum atomic E-state index is -1.51. The molecular weight excluding hydrogens is 274 g/mol. The van der Waals surface area contributed by atoms with Crippen molar-refractivity contribution in [1.29, 1.82) is 0 Å². The molecule has 6 atom stereocenters. The van der Waals surface area contributed by atoms with Gasteiger partial charge in [0.1, 0.15) is 30.5 Å². The average molecular weight is 291 g/mol. The van der Waals surface area contributed by atoms with E-state index in [2.05, 4.69) is 10.0 Å². The van der Waals surface area contributed by atoms with Gasteiger partial charge in [0.15, 0.2) is 0 Å². The molecule has 1 rings (SSSR count). The Morgan fingerprint density at radius 2 is 1.85 bits per heavy atom. The lowest BCUT2D eigenvalue weighted by Crippen LogP contribution is -2.58. The number of hydrogen-bond acceptors (Lipinski definition) is 7. The monoisotopic (exact) mass is 291 g/mol. The van der Waals surface area contributed by atoms with Crippen LogP contribution in [-0.4, -0.2) is 74.7 Å². The minimum Gasteiger partial charge on any atom is -0.481 e. The molecule has 0 aliphatic carbocycles. The van der Waals surface area contributed by atoms with E-state index in [4.69, 9.17) is 20.5 Å². The van der Waals surface area contributed by atoms with Crippen LogP contribution in [0.2, 0.25) is 0 Å². The van der Waals surface area contributed by atoms with Gasteiger partial charge in [-0.25, -0.2) is 0 Å². The first-order valence-corrected chi connectivity index (χ1v) is 5.99. The van der Waals surface area contributed by atoms with E-state index >= 15 is 0 Å². The van der Waals surface area contributed by atoms with Crippen molar-refractivity contribution in [2.24, 2.45) is 5.11 Å². The molecular formula is C10H17N3O7. The van der Waals surface area contributed by atoms with Crippen LogP contribution in [0.5, 0.6) is 0 Å². The van der Waals surface area contributed by atoms with E-state index in [0.717, 1.165) is 0 Å². The predicted octanol–water partition coefficient (Wildman–Crippen LogP) is -1.63. The van der Waals surface area contributed by atoms with Crippen molar-refractivity contribution in [3.05, 3.63) is 10.4 Å². The van der Waals surface area contributed by atoms with E-state index in [9.17, 15) is 20.1 Å². The molecule has 1 aliphatic heterocycles. The molecule has 0 radical (unpaired) electrons. The van der Waals surface area contributed by atoms with Crippen LogP contribution in [0.3, 0.4) is 0 Å². The second-order valence-electron chi connectivity index (χ2n) is 4.50. The molecule has 20 heavy (non-hydrogen) atoms. The van der Waals surface area contributed by atoms with Gasteiger partial charge in [0.2, 0.25) is 0 Å². The van der Waals surface area contributed by atoms with E-state index < -0.39 is 49.1 Å². The van der Waals surface area contributed by atoms with Gasteiger partial charge < -0.3 is 30.3 Å². The van der Waals surface area contributed by atoms with Crippen molar-refractivity contribution in [1.82, 2.24) is 0 Å². The van der Waals surface area contributed by atoms with Gasteiger partial charge in [-0.15, -0.1) is 0 Å². The van der Waals surface area contributed by atoms with E-state index in [1.807, 2.05) is 0 Å². The van der Waals surface area contributed by atoms with E-state index in [0.29, 0.717) is 0 Å². The van der Waals surface area contributed by atoms with Crippen LogP contribution in [0.4, 0.5) is 0 Å². The Kier molecular flexibility index (Phi) is 6.14. The number of rotatable bonds is 6. The number of carboxylic acid groups (broad SMARTS) is 1. The van der Waals surface area contributed by atoms with Gasteiger partial charge in [0, 0.05) is 4.91 Å². The maximum atomic E-state index is 10.8. The molecule has 0 spiro atoms. The molecule has 10 nitrogen and oxygen atoms in total. The summed E-state index contributed by atoms with van der Waals surface area (Å²) in [4.78, 5) is 13.2. The standard InChI is InChI=1S/C10H17N3O7/c11-13-12-4(10(18)19)1-2-5-7(15)9(17)8(16)6(3-14)20-5/h4-9,14-17H,1-3H2,(H,18,19)/t4?,5-,6+,7-,8+,9+/m0/s1. The van der Waals surface area contributed by atoms with Gasteiger partial charge in [0.05, 0.1) is 12.7 Å². The summed E-state index contributed by atoms with van der Waals surface area (Å²) in [6.07, 6.45) is -6.53. The molecule has 10 heteroatoms. The van der Waals surface area contributed by atoms with Crippen LogP contribution in [0.1, 0.15) is 12.8 Å². The zero-order valence-electron chi connectivity index (χ0n) is 10.5. The zero-order valence-corrected chi connectivity index (χ0v) is 10.5. The van der Waals surface area contributed by atoms with Gasteiger partial charge in [-0.3, -0.25) is 4.79 Å². The van der Waals surface area contributed by atoms with Gasteiger partial charge in [-0.1, -0.05) is 5.11 Å². The van der Waals surface area contributed by atoms with Crippen molar-refractivity contribution in [3.63, 3.8) is 0 Å². The Bertz CT molecular complexity index is 383. The van der Waals surface area contributed by atoms with Crippen LogP contribution >= 0.6 is 0 Å². The summed E-state index contributed by atoms with van der Waals surface area (Å²) < 4.78 is 5.20. The SMILES string of the molecule is [N-]=[N+]=NC(CC[C@@H]1O[C@H](CO)[C@@H](O)[C@H](O)[C@H]1O)C(=O)O. The summed E-state index contributed by atoms with van der Waals surface area (Å²) in [5, 5.41) is 49.7. The fourth-order valence-electron chi connectivity index (χ4n) is 2.03. The average Bonchev–Trinajstić information content (AvgIpc) is 2.42. The van der Waals surface area contributed by atoms with E-state index in [1.165, 1.54) is 0 Å². The minimum absolute atomic E-state index is 0.0164. The van der Waals surface area contributed by atoms with Gasteiger partial charge in [-0.05, 0) is 18.4 Å². The quantitative estimate of drug-likeness (QED) is 0.221. The number of nitrogens with zero attached hydrogens (tertiary/aromatic N) is 3. The maximum absolute atomic E-state index is 10.8. The lowest BCUT2D eigenvalue weighted by molar-refractivity contribution is -0.230. The number of aliphatic hydroxyl groups excluding tert-OH is 4. The molecule has 1 unspecified atom stereocenters. The fourth-order valence-corrected chi connectivity index (χ4v) is 2.03. The number of hydrogen-bond donors (Lipinski definition) is 5. The highest BCUT2D eigenvalue weighted by molar-refractivity contribution is 5.73. The third-order valence-electron chi connectivity index (χ3n) is 3.19. The number of carbonyl (C=O) groups is 1. The predicted molar refractivity (Wildman–Crippen MR) is 63.6 cm³/mol. The molecule has 1 fully saturated rings. The summed E-state index contributed by atoms with van der Waals surface area (Å²) in [6.45, 7) is -0.555. The third kappa shape index (κ3) is 3.79. The van der Waals surface area contributed by atoms with Crippen LogP contribution in [-0.2, 0) is 9.53 Å². The number of aliphatic carboxylic acids is 1. The Balaban J connectivity index is 2.66. The lowest BCUT2D eigenvalue weighted by Gasteiger charge is -2.40. The molecule has 1 aliphatic rings. The van der Waals surface area contributed by atoms with Crippen LogP contribution in [0, 0.1) is 0 Å². The highest BCUT2D eigenvalue weighted by Crippen LogP contribution is 2.24. The Morgan fingerprint density at radius 1 is 1.25 bits per heavy atom. The first-order chi connectivity index (χ1) is 9.42. The van der Waals surface area contributed by atoms with Gasteiger partial charge >= 0.3 is 5.97 Å². The topological polar surface area (TPSA) is 176 Å². The molecule has 0 aromatic heterocycles. The largest absolute Gasteiger partial charge is 0.481 e. The summed E-state index contributed by atoms with van der Waals surface area (Å²) in [5.74, 6) is -1.31. The van der Waals surface area contributed by atoms with E-state index in [1.54, 1.807) is 0 Å². The Hall–Kier alpha value is -1.42. The molecule has 0 aromatic carbocycles. The first kappa shape index (κ1) is 16.6. The van der Waals surface area contributed by atoms with Crippen molar-refractivity contribution >= 4 is 5.97 Å². The number of azide groups is 1. The molecule has 0 bridgehead atoms. The Labute approximate surface area is 113 Å². The third-order valence-corrected chi connectivity index (χ3v) is 3.19. The molecule has 1 heterocycles. The van der Waals surface area contributed by atoms with E-state index in [-0.39, 0.29) is 12.8 Å². The van der Waals surface area contributed by atoms with Crippen molar-refractivity contribution in [2.45, 2.75) is 49.4 Å². The second kappa shape index (κ2) is 7.39. The highest BCUT2D eigenvalue weighted by Gasteiger charge is 2.43. The summed E-state index contributed by atoms with van der Waals surface area (Å²) in [6, 6.07) is -1.31. The molecule has 114 valence electrons. The second-order valence-corrected chi connectivity index (χ2v) is 4.50. The summed E-state index contributed by atoms with van der Waals surface area (Å²) in [7, 11) is 0. The van der Waals surface area contributed by atoms with Crippen molar-refractivity contribution in [2.75, 3.05) is 6.61 Å². The van der Waals surface area contributed by atoms with Crippen LogP contribution in [0.15, 0.2) is 5.11 Å². The zero-order chi connectivity index (χ0) is 15.3. The van der Waals surface area contributed by atoms with Gasteiger partial charge in [-0.2, -0.15) is 0 Å². The molecule has 0 saturated carbocycles. The van der Waals surface area contributed by atoms with Crippen molar-refractivity contribution in [3.8, 4) is 0 Å². The molecule has 0 aromatic rings. The van der Waals surface area contributed by atoms with Crippen LogP contribution < -0.4 is 0 Å². The van der Waals surface area contributed by atoms with Gasteiger partial charge in [0.25, 0.3) is 0 Å². The first-order valence-electron chi connectivity index (χ1n) is 5.99. The van der Waals surface area contributed by atoms with Crippen molar-refractivity contribution < 1.29 is 35.1 Å². The summed E-state index contributed by atoms with van der Waals surface area (Å²) in [5.41, 5.74) is 8.24. The number of ether oxygens (including phenoxy) is 1.